The molecule has 0 aromatic heterocycles. The smallest absolute Gasteiger partial charge is 0.150 e. The maximum absolute atomic E-state index is 13.9. The molecule has 17 heavy (non-hydrogen) atoms. The molecule has 0 aliphatic carbocycles. The van der Waals surface area contributed by atoms with E-state index in [9.17, 15) is 8.78 Å². The highest BCUT2D eigenvalue weighted by Gasteiger charge is 2.16. The van der Waals surface area contributed by atoms with E-state index in [4.69, 9.17) is 11.5 Å². The van der Waals surface area contributed by atoms with Gasteiger partial charge in [0.15, 0.2) is 0 Å². The molecule has 2 aromatic rings. The first kappa shape index (κ1) is 11.9. The van der Waals surface area contributed by atoms with Crippen molar-refractivity contribution >= 4 is 27.3 Å². The summed E-state index contributed by atoms with van der Waals surface area (Å²) in [6.45, 7) is 0. The van der Waals surface area contributed by atoms with Gasteiger partial charge in [-0.1, -0.05) is 12.1 Å². The molecule has 88 valence electrons. The molecule has 0 aliphatic heterocycles. The van der Waals surface area contributed by atoms with Gasteiger partial charge in [0.2, 0.25) is 0 Å². The molecule has 0 atom stereocenters. The van der Waals surface area contributed by atoms with Crippen molar-refractivity contribution in [2.24, 2.45) is 0 Å². The van der Waals surface area contributed by atoms with Gasteiger partial charge in [-0.25, -0.2) is 8.78 Å². The van der Waals surface area contributed by atoms with Crippen LogP contribution in [0.25, 0.3) is 11.1 Å². The molecule has 0 saturated heterocycles. The summed E-state index contributed by atoms with van der Waals surface area (Å²) >= 11 is 2.98. The minimum absolute atomic E-state index is 0.0270. The summed E-state index contributed by atoms with van der Waals surface area (Å²) in [5.74, 6) is -1.42. The van der Waals surface area contributed by atoms with E-state index >= 15 is 0 Å². The Morgan fingerprint density at radius 1 is 1.00 bits per heavy atom. The summed E-state index contributed by atoms with van der Waals surface area (Å²) in [7, 11) is 0. The van der Waals surface area contributed by atoms with Crippen LogP contribution in [0.4, 0.5) is 20.2 Å². The van der Waals surface area contributed by atoms with Crippen LogP contribution < -0.4 is 11.5 Å². The van der Waals surface area contributed by atoms with E-state index < -0.39 is 11.6 Å². The number of benzene rings is 2. The lowest BCUT2D eigenvalue weighted by Gasteiger charge is -2.09. The number of anilines is 2. The van der Waals surface area contributed by atoms with Crippen LogP contribution in [0.15, 0.2) is 34.8 Å². The monoisotopic (exact) mass is 298 g/mol. The molecule has 0 unspecified atom stereocenters. The average Bonchev–Trinajstić information content (AvgIpc) is 2.29. The summed E-state index contributed by atoms with van der Waals surface area (Å²) < 4.78 is 27.7. The molecular weight excluding hydrogens is 290 g/mol. The second-order valence-corrected chi connectivity index (χ2v) is 4.37. The van der Waals surface area contributed by atoms with Crippen LogP contribution in [0.5, 0.6) is 0 Å². The van der Waals surface area contributed by atoms with Gasteiger partial charge in [0.25, 0.3) is 0 Å². The van der Waals surface area contributed by atoms with E-state index in [1.165, 1.54) is 0 Å². The highest BCUT2D eigenvalue weighted by Crippen LogP contribution is 2.34. The van der Waals surface area contributed by atoms with Crippen LogP contribution in [0.1, 0.15) is 0 Å². The van der Waals surface area contributed by atoms with Crippen molar-refractivity contribution in [1.29, 1.82) is 0 Å². The van der Waals surface area contributed by atoms with Gasteiger partial charge >= 0.3 is 0 Å². The Balaban J connectivity index is 2.67. The van der Waals surface area contributed by atoms with Crippen LogP contribution in [0.3, 0.4) is 0 Å². The molecule has 2 rings (SSSR count). The number of nitrogen functional groups attached to an aromatic ring is 2. The lowest BCUT2D eigenvalue weighted by atomic mass is 10.0. The third kappa shape index (κ3) is 2.10. The number of nitrogens with two attached hydrogens (primary N) is 2. The van der Waals surface area contributed by atoms with Crippen LogP contribution in [-0.2, 0) is 0 Å². The molecule has 2 nitrogen and oxygen atoms in total. The lowest BCUT2D eigenvalue weighted by Crippen LogP contribution is -1.97. The van der Waals surface area contributed by atoms with Gasteiger partial charge in [-0.05, 0) is 39.7 Å². The van der Waals surface area contributed by atoms with Crippen LogP contribution >= 0.6 is 15.9 Å². The molecule has 2 aromatic carbocycles. The minimum Gasteiger partial charge on any atom is -0.399 e. The van der Waals surface area contributed by atoms with Crippen LogP contribution in [0.2, 0.25) is 0 Å². The summed E-state index contributed by atoms with van der Waals surface area (Å²) in [6.07, 6.45) is 0. The summed E-state index contributed by atoms with van der Waals surface area (Å²) in [4.78, 5) is 0. The van der Waals surface area contributed by atoms with Gasteiger partial charge in [-0.3, -0.25) is 0 Å². The first-order chi connectivity index (χ1) is 8.00. The number of halogens is 3. The molecule has 4 N–H and O–H groups in total. The molecular formula is C12H9BrF2N2. The highest BCUT2D eigenvalue weighted by molar-refractivity contribution is 9.10. The van der Waals surface area contributed by atoms with Gasteiger partial charge in [0.1, 0.15) is 11.6 Å². The molecule has 0 radical (unpaired) electrons. The number of hydrogen-bond donors (Lipinski definition) is 2. The van der Waals surface area contributed by atoms with E-state index in [1.54, 1.807) is 24.3 Å². The number of rotatable bonds is 1. The first-order valence-electron chi connectivity index (χ1n) is 4.79. The third-order valence-corrected chi connectivity index (χ3v) is 3.19. The van der Waals surface area contributed by atoms with Crippen molar-refractivity contribution in [3.05, 3.63) is 46.4 Å². The maximum Gasteiger partial charge on any atom is 0.150 e. The maximum atomic E-state index is 13.9. The molecule has 0 spiro atoms. The van der Waals surface area contributed by atoms with Crippen molar-refractivity contribution < 1.29 is 8.78 Å². The van der Waals surface area contributed by atoms with E-state index in [1.807, 2.05) is 0 Å². The quantitative estimate of drug-likeness (QED) is 0.625. The highest BCUT2D eigenvalue weighted by atomic mass is 79.9. The summed E-state index contributed by atoms with van der Waals surface area (Å²) in [5.41, 5.74) is 11.8. The van der Waals surface area contributed by atoms with Gasteiger partial charge in [0, 0.05) is 5.69 Å². The predicted molar refractivity (Wildman–Crippen MR) is 68.3 cm³/mol. The summed E-state index contributed by atoms with van der Waals surface area (Å²) in [5, 5.41) is 0. The Bertz CT molecular complexity index is 568. The Morgan fingerprint density at radius 2 is 1.59 bits per heavy atom. The standard InChI is InChI=1S/C12H9BrF2N2/c13-11-9(17)5-8(14)10(12(11)15)6-1-3-7(16)4-2-6/h1-5H,16-17H2. The molecule has 0 aliphatic rings. The molecule has 5 heteroatoms. The lowest BCUT2D eigenvalue weighted by molar-refractivity contribution is 0.586. The SMILES string of the molecule is Nc1ccc(-c2c(F)cc(N)c(Br)c2F)cc1. The Hall–Kier alpha value is -1.62. The largest absolute Gasteiger partial charge is 0.399 e. The molecule has 0 amide bonds. The predicted octanol–water partition coefficient (Wildman–Crippen LogP) is 3.56. The Labute approximate surface area is 105 Å². The zero-order valence-corrected chi connectivity index (χ0v) is 10.3. The van der Waals surface area contributed by atoms with Crippen molar-refractivity contribution in [2.45, 2.75) is 0 Å². The fourth-order valence-electron chi connectivity index (χ4n) is 1.53. The molecule has 0 saturated carbocycles. The Kier molecular flexibility index (Phi) is 3.02. The fourth-order valence-corrected chi connectivity index (χ4v) is 1.84. The van der Waals surface area contributed by atoms with Crippen molar-refractivity contribution in [1.82, 2.24) is 0 Å². The second kappa shape index (κ2) is 4.33. The fraction of sp³-hybridized carbons (Fsp3) is 0. The molecule has 0 heterocycles. The van der Waals surface area contributed by atoms with Crippen LogP contribution in [0, 0.1) is 11.6 Å². The topological polar surface area (TPSA) is 52.0 Å². The second-order valence-electron chi connectivity index (χ2n) is 3.57. The van der Waals surface area contributed by atoms with Crippen molar-refractivity contribution in [2.75, 3.05) is 11.5 Å². The minimum atomic E-state index is -0.715. The Morgan fingerprint density at radius 3 is 2.18 bits per heavy atom. The summed E-state index contributed by atoms with van der Waals surface area (Å²) in [6, 6.07) is 7.36. The van der Waals surface area contributed by atoms with Crippen molar-refractivity contribution in [3.63, 3.8) is 0 Å². The number of hydrogen-bond acceptors (Lipinski definition) is 2. The van der Waals surface area contributed by atoms with Gasteiger partial charge in [-0.15, -0.1) is 0 Å². The average molecular weight is 299 g/mol. The normalized spacial score (nSPS) is 10.5. The third-order valence-electron chi connectivity index (χ3n) is 2.39. The molecule has 0 fully saturated rings. The van der Waals surface area contributed by atoms with Gasteiger partial charge in [0.05, 0.1) is 15.7 Å². The zero-order chi connectivity index (χ0) is 12.6. The van der Waals surface area contributed by atoms with Gasteiger partial charge < -0.3 is 11.5 Å². The molecule has 0 bridgehead atoms. The first-order valence-corrected chi connectivity index (χ1v) is 5.59. The van der Waals surface area contributed by atoms with E-state index in [0.29, 0.717) is 11.3 Å². The zero-order valence-electron chi connectivity index (χ0n) is 8.68. The van der Waals surface area contributed by atoms with Crippen LogP contribution in [-0.4, -0.2) is 0 Å². The van der Waals surface area contributed by atoms with E-state index in [-0.39, 0.29) is 15.7 Å². The van der Waals surface area contributed by atoms with E-state index in [2.05, 4.69) is 15.9 Å². The van der Waals surface area contributed by atoms with E-state index in [0.717, 1.165) is 6.07 Å². The van der Waals surface area contributed by atoms with Gasteiger partial charge in [-0.2, -0.15) is 0 Å². The van der Waals surface area contributed by atoms with Crippen molar-refractivity contribution in [3.8, 4) is 11.1 Å².